The van der Waals surface area contributed by atoms with Gasteiger partial charge < -0.3 is 0 Å². The molecule has 1 heterocycles. The molecule has 92 valence electrons. The Labute approximate surface area is 107 Å². The van der Waals surface area contributed by atoms with Gasteiger partial charge in [-0.3, -0.25) is 10.3 Å². The molecule has 0 radical (unpaired) electrons. The molecular formula is C15H17N3. The zero-order valence-corrected chi connectivity index (χ0v) is 10.7. The van der Waals surface area contributed by atoms with Crippen LogP contribution in [0.15, 0.2) is 36.7 Å². The van der Waals surface area contributed by atoms with Crippen LogP contribution in [0.4, 0.5) is 0 Å². The quantitative estimate of drug-likeness (QED) is 0.892. The van der Waals surface area contributed by atoms with Crippen molar-refractivity contribution in [2.24, 2.45) is 5.92 Å². The van der Waals surface area contributed by atoms with Crippen LogP contribution in [-0.2, 0) is 0 Å². The van der Waals surface area contributed by atoms with E-state index in [4.69, 9.17) is 0 Å². The van der Waals surface area contributed by atoms with Crippen LogP contribution < -0.4 is 5.32 Å². The fourth-order valence-corrected chi connectivity index (χ4v) is 1.95. The minimum atomic E-state index is -0.300. The highest BCUT2D eigenvalue weighted by Gasteiger charge is 2.13. The van der Waals surface area contributed by atoms with Gasteiger partial charge in [0.25, 0.3) is 0 Å². The van der Waals surface area contributed by atoms with Gasteiger partial charge in [-0.2, -0.15) is 5.26 Å². The Morgan fingerprint density at radius 1 is 1.28 bits per heavy atom. The van der Waals surface area contributed by atoms with Gasteiger partial charge in [0, 0.05) is 23.3 Å². The summed E-state index contributed by atoms with van der Waals surface area (Å²) in [6.07, 6.45) is 3.61. The van der Waals surface area contributed by atoms with E-state index < -0.39 is 0 Å². The Kier molecular flexibility index (Phi) is 3.91. The third-order valence-corrected chi connectivity index (χ3v) is 2.87. The van der Waals surface area contributed by atoms with Crippen LogP contribution in [0, 0.1) is 17.2 Å². The molecule has 0 aliphatic rings. The average Bonchev–Trinajstić information content (AvgIpc) is 2.39. The molecule has 18 heavy (non-hydrogen) atoms. The fourth-order valence-electron chi connectivity index (χ4n) is 1.95. The number of benzene rings is 1. The highest BCUT2D eigenvalue weighted by atomic mass is 14.9. The van der Waals surface area contributed by atoms with E-state index in [-0.39, 0.29) is 6.04 Å². The maximum Gasteiger partial charge on any atom is 0.123 e. The van der Waals surface area contributed by atoms with Crippen molar-refractivity contribution in [2.75, 3.05) is 6.54 Å². The number of pyridine rings is 1. The smallest absolute Gasteiger partial charge is 0.123 e. The summed E-state index contributed by atoms with van der Waals surface area (Å²) in [5.74, 6) is 0.517. The lowest BCUT2D eigenvalue weighted by Gasteiger charge is -2.15. The third kappa shape index (κ3) is 2.66. The molecule has 0 aliphatic carbocycles. The number of hydrogen-bond acceptors (Lipinski definition) is 3. The molecule has 0 bridgehead atoms. The maximum absolute atomic E-state index is 9.31. The van der Waals surface area contributed by atoms with E-state index in [0.29, 0.717) is 5.92 Å². The van der Waals surface area contributed by atoms with Crippen molar-refractivity contribution >= 4 is 10.8 Å². The molecule has 1 N–H and O–H groups in total. The molecule has 2 aromatic rings. The SMILES string of the molecule is CC(C)CNC(C#N)c1cncc2ccccc12. The van der Waals surface area contributed by atoms with Crippen molar-refractivity contribution in [1.29, 1.82) is 5.26 Å². The van der Waals surface area contributed by atoms with Crippen LogP contribution in [0.3, 0.4) is 0 Å². The van der Waals surface area contributed by atoms with Gasteiger partial charge in [0.05, 0.1) is 6.07 Å². The van der Waals surface area contributed by atoms with Crippen molar-refractivity contribution in [1.82, 2.24) is 10.3 Å². The van der Waals surface area contributed by atoms with Crippen molar-refractivity contribution < 1.29 is 0 Å². The average molecular weight is 239 g/mol. The predicted molar refractivity (Wildman–Crippen MR) is 72.9 cm³/mol. The van der Waals surface area contributed by atoms with Gasteiger partial charge in [0.2, 0.25) is 0 Å². The largest absolute Gasteiger partial charge is 0.298 e. The third-order valence-electron chi connectivity index (χ3n) is 2.87. The van der Waals surface area contributed by atoms with Gasteiger partial charge in [-0.15, -0.1) is 0 Å². The summed E-state index contributed by atoms with van der Waals surface area (Å²) >= 11 is 0. The zero-order valence-electron chi connectivity index (χ0n) is 10.7. The molecule has 1 unspecified atom stereocenters. The molecule has 0 spiro atoms. The van der Waals surface area contributed by atoms with Gasteiger partial charge in [-0.05, 0) is 17.8 Å². The monoisotopic (exact) mass is 239 g/mol. The molecule has 0 saturated heterocycles. The van der Waals surface area contributed by atoms with Crippen molar-refractivity contribution in [3.63, 3.8) is 0 Å². The van der Waals surface area contributed by atoms with Gasteiger partial charge in [0.15, 0.2) is 0 Å². The number of nitrogens with zero attached hydrogens (tertiary/aromatic N) is 2. The summed E-state index contributed by atoms with van der Waals surface area (Å²) in [5.41, 5.74) is 0.955. The van der Waals surface area contributed by atoms with Gasteiger partial charge in [-0.1, -0.05) is 38.1 Å². The minimum absolute atomic E-state index is 0.300. The van der Waals surface area contributed by atoms with Crippen LogP contribution in [0.1, 0.15) is 25.5 Å². The van der Waals surface area contributed by atoms with E-state index in [2.05, 4.69) is 30.2 Å². The minimum Gasteiger partial charge on any atom is -0.298 e. The summed E-state index contributed by atoms with van der Waals surface area (Å²) in [6.45, 7) is 5.08. The van der Waals surface area contributed by atoms with Gasteiger partial charge in [0.1, 0.15) is 6.04 Å². The van der Waals surface area contributed by atoms with E-state index in [1.54, 1.807) is 6.20 Å². The Balaban J connectivity index is 2.36. The molecule has 2 rings (SSSR count). The fraction of sp³-hybridized carbons (Fsp3) is 0.333. The number of rotatable bonds is 4. The standard InChI is InChI=1S/C15H17N3/c1-11(2)8-18-15(7-16)14-10-17-9-12-5-3-4-6-13(12)14/h3-6,9-11,15,18H,8H2,1-2H3. The molecule has 0 aliphatic heterocycles. The van der Waals surface area contributed by atoms with Crippen LogP contribution in [-0.4, -0.2) is 11.5 Å². The van der Waals surface area contributed by atoms with E-state index in [1.165, 1.54) is 0 Å². The molecule has 3 heteroatoms. The van der Waals surface area contributed by atoms with E-state index in [9.17, 15) is 5.26 Å². The van der Waals surface area contributed by atoms with Crippen molar-refractivity contribution in [2.45, 2.75) is 19.9 Å². The Morgan fingerprint density at radius 2 is 2.06 bits per heavy atom. The summed E-state index contributed by atoms with van der Waals surface area (Å²) < 4.78 is 0. The first-order valence-electron chi connectivity index (χ1n) is 6.18. The van der Waals surface area contributed by atoms with Gasteiger partial charge >= 0.3 is 0 Å². The van der Waals surface area contributed by atoms with Crippen LogP contribution in [0.5, 0.6) is 0 Å². The molecule has 1 aromatic carbocycles. The van der Waals surface area contributed by atoms with Crippen molar-refractivity contribution in [3.8, 4) is 6.07 Å². The Hall–Kier alpha value is -1.92. The summed E-state index contributed by atoms with van der Waals surface area (Å²) in [4.78, 5) is 4.22. The second-order valence-corrected chi connectivity index (χ2v) is 4.81. The Morgan fingerprint density at radius 3 is 2.78 bits per heavy atom. The lowest BCUT2D eigenvalue weighted by atomic mass is 10.0. The highest BCUT2D eigenvalue weighted by Crippen LogP contribution is 2.22. The first kappa shape index (κ1) is 12.5. The van der Waals surface area contributed by atoms with Crippen LogP contribution in [0.2, 0.25) is 0 Å². The normalized spacial score (nSPS) is 12.6. The molecule has 1 aromatic heterocycles. The molecule has 0 amide bonds. The number of fused-ring (bicyclic) bond motifs is 1. The second-order valence-electron chi connectivity index (χ2n) is 4.81. The first-order chi connectivity index (χ1) is 8.72. The van der Waals surface area contributed by atoms with E-state index in [1.807, 2.05) is 30.5 Å². The number of nitrogens with one attached hydrogen (secondary N) is 1. The maximum atomic E-state index is 9.31. The summed E-state index contributed by atoms with van der Waals surface area (Å²) in [7, 11) is 0. The lowest BCUT2D eigenvalue weighted by Crippen LogP contribution is -2.24. The summed E-state index contributed by atoms with van der Waals surface area (Å²) in [5, 5.41) is 14.8. The number of nitriles is 1. The zero-order chi connectivity index (χ0) is 13.0. The molecular weight excluding hydrogens is 222 g/mol. The van der Waals surface area contributed by atoms with Gasteiger partial charge in [-0.25, -0.2) is 0 Å². The number of aromatic nitrogens is 1. The predicted octanol–water partition coefficient (Wildman–Crippen LogP) is 3.05. The van der Waals surface area contributed by atoms with E-state index >= 15 is 0 Å². The Bertz CT molecular complexity index is 564. The second kappa shape index (κ2) is 5.61. The highest BCUT2D eigenvalue weighted by molar-refractivity contribution is 5.85. The molecule has 3 nitrogen and oxygen atoms in total. The molecule has 0 saturated carbocycles. The molecule has 1 atom stereocenters. The summed E-state index contributed by atoms with van der Waals surface area (Å²) in [6, 6.07) is 10.0. The van der Waals surface area contributed by atoms with E-state index in [0.717, 1.165) is 22.9 Å². The topological polar surface area (TPSA) is 48.7 Å². The lowest BCUT2D eigenvalue weighted by molar-refractivity contribution is 0.526. The van der Waals surface area contributed by atoms with Crippen molar-refractivity contribution in [3.05, 3.63) is 42.2 Å². The number of hydrogen-bond donors (Lipinski definition) is 1. The van der Waals surface area contributed by atoms with Crippen LogP contribution in [0.25, 0.3) is 10.8 Å². The van der Waals surface area contributed by atoms with Crippen LogP contribution >= 0.6 is 0 Å². The molecule has 0 fully saturated rings. The first-order valence-corrected chi connectivity index (χ1v) is 6.18.